The van der Waals surface area contributed by atoms with Crippen LogP contribution >= 0.6 is 0 Å². The Labute approximate surface area is 144 Å². The van der Waals surface area contributed by atoms with Crippen LogP contribution in [0.1, 0.15) is 38.1 Å². The lowest BCUT2D eigenvalue weighted by atomic mass is 9.93. The minimum atomic E-state index is 0.638. The van der Waals surface area contributed by atoms with Gasteiger partial charge in [-0.15, -0.1) is 0 Å². The van der Waals surface area contributed by atoms with E-state index >= 15 is 0 Å². The van der Waals surface area contributed by atoms with Crippen molar-refractivity contribution in [3.63, 3.8) is 0 Å². The molecular formula is C23H24N+. The van der Waals surface area contributed by atoms with Gasteiger partial charge in [0.05, 0.1) is 0 Å². The summed E-state index contributed by atoms with van der Waals surface area (Å²) in [6.07, 6.45) is 9.00. The van der Waals surface area contributed by atoms with Crippen molar-refractivity contribution < 1.29 is 4.57 Å². The van der Waals surface area contributed by atoms with Crippen LogP contribution in [0.5, 0.6) is 0 Å². The fraction of sp³-hybridized carbons (Fsp3) is 0.261. The van der Waals surface area contributed by atoms with Gasteiger partial charge in [-0.1, -0.05) is 55.0 Å². The highest BCUT2D eigenvalue weighted by molar-refractivity contribution is 5.68. The molecule has 0 unspecified atom stereocenters. The fourth-order valence-corrected chi connectivity index (χ4v) is 3.84. The van der Waals surface area contributed by atoms with Gasteiger partial charge in [0.15, 0.2) is 12.2 Å². The Kier molecular flexibility index (Phi) is 4.42. The second kappa shape index (κ2) is 7.00. The van der Waals surface area contributed by atoms with Crippen LogP contribution in [-0.2, 0) is 0 Å². The SMILES string of the molecule is c1ccc(-c2cc[n+](C3CCCCC3)c(-c3ccccc3)c2)cc1. The second-order valence-corrected chi connectivity index (χ2v) is 6.73. The first-order valence-electron chi connectivity index (χ1n) is 9.08. The van der Waals surface area contributed by atoms with E-state index in [0.29, 0.717) is 6.04 Å². The Bertz CT molecular complexity index is 787. The zero-order valence-electron chi connectivity index (χ0n) is 14.1. The van der Waals surface area contributed by atoms with Crippen LogP contribution in [0.3, 0.4) is 0 Å². The molecule has 3 aromatic rings. The maximum Gasteiger partial charge on any atom is 0.213 e. The van der Waals surface area contributed by atoms with Crippen LogP contribution in [0.2, 0.25) is 0 Å². The fourth-order valence-electron chi connectivity index (χ4n) is 3.84. The first-order valence-corrected chi connectivity index (χ1v) is 9.08. The highest BCUT2D eigenvalue weighted by Crippen LogP contribution is 2.29. The molecule has 1 heterocycles. The maximum absolute atomic E-state index is 2.51. The largest absolute Gasteiger partial charge is 0.213 e. The van der Waals surface area contributed by atoms with Crippen molar-refractivity contribution in [1.82, 2.24) is 0 Å². The number of pyridine rings is 1. The van der Waals surface area contributed by atoms with Crippen molar-refractivity contribution in [2.75, 3.05) is 0 Å². The third-order valence-electron chi connectivity index (χ3n) is 5.13. The summed E-state index contributed by atoms with van der Waals surface area (Å²) in [6.45, 7) is 0. The second-order valence-electron chi connectivity index (χ2n) is 6.73. The molecule has 2 aromatic carbocycles. The zero-order chi connectivity index (χ0) is 16.2. The van der Waals surface area contributed by atoms with Gasteiger partial charge in [-0.3, -0.25) is 0 Å². The summed E-state index contributed by atoms with van der Waals surface area (Å²) in [5.41, 5.74) is 5.22. The van der Waals surface area contributed by atoms with Crippen molar-refractivity contribution >= 4 is 0 Å². The van der Waals surface area contributed by atoms with E-state index in [4.69, 9.17) is 0 Å². The number of nitrogens with zero attached hydrogens (tertiary/aromatic N) is 1. The van der Waals surface area contributed by atoms with Crippen molar-refractivity contribution in [1.29, 1.82) is 0 Å². The molecule has 0 aliphatic heterocycles. The Morgan fingerprint density at radius 2 is 1.25 bits per heavy atom. The third-order valence-corrected chi connectivity index (χ3v) is 5.13. The molecule has 1 saturated carbocycles. The number of hydrogen-bond acceptors (Lipinski definition) is 0. The van der Waals surface area contributed by atoms with Gasteiger partial charge in [0.25, 0.3) is 0 Å². The highest BCUT2D eigenvalue weighted by atomic mass is 15.0. The van der Waals surface area contributed by atoms with Gasteiger partial charge in [-0.2, -0.15) is 4.57 Å². The first-order chi connectivity index (χ1) is 11.9. The number of aromatic nitrogens is 1. The maximum atomic E-state index is 2.51. The average molecular weight is 314 g/mol. The van der Waals surface area contributed by atoms with Gasteiger partial charge in [0.2, 0.25) is 5.69 Å². The molecule has 0 amide bonds. The van der Waals surface area contributed by atoms with E-state index in [1.807, 2.05) is 0 Å². The minimum absolute atomic E-state index is 0.638. The van der Waals surface area contributed by atoms with Gasteiger partial charge in [0, 0.05) is 30.5 Å². The molecule has 1 aliphatic rings. The van der Waals surface area contributed by atoms with Crippen LogP contribution in [0, 0.1) is 0 Å². The standard InChI is InChI=1S/C23H24N/c1-4-10-19(11-5-1)21-16-17-24(22-14-8-3-9-15-22)23(18-21)20-12-6-2-7-13-20/h1-2,4-7,10-13,16-18,22H,3,8-9,14-15H2/q+1. The molecule has 0 bridgehead atoms. The van der Waals surface area contributed by atoms with Crippen molar-refractivity contribution in [2.24, 2.45) is 0 Å². The molecule has 24 heavy (non-hydrogen) atoms. The van der Waals surface area contributed by atoms with Crippen LogP contribution in [0.4, 0.5) is 0 Å². The molecule has 0 atom stereocenters. The van der Waals surface area contributed by atoms with Gasteiger partial charge < -0.3 is 0 Å². The minimum Gasteiger partial charge on any atom is -0.196 e. The molecule has 0 N–H and O–H groups in total. The Hall–Kier alpha value is -2.41. The smallest absolute Gasteiger partial charge is 0.196 e. The monoisotopic (exact) mass is 314 g/mol. The molecule has 4 rings (SSSR count). The summed E-state index contributed by atoms with van der Waals surface area (Å²) in [4.78, 5) is 0. The van der Waals surface area contributed by atoms with E-state index in [9.17, 15) is 0 Å². The summed E-state index contributed by atoms with van der Waals surface area (Å²) in [5, 5.41) is 0. The van der Waals surface area contributed by atoms with E-state index in [-0.39, 0.29) is 0 Å². The topological polar surface area (TPSA) is 3.88 Å². The number of hydrogen-bond donors (Lipinski definition) is 0. The van der Waals surface area contributed by atoms with Gasteiger partial charge in [-0.05, 0) is 36.1 Å². The molecule has 0 radical (unpaired) electrons. The first kappa shape index (κ1) is 15.1. The average Bonchev–Trinajstić information content (AvgIpc) is 2.69. The molecular weight excluding hydrogens is 290 g/mol. The lowest BCUT2D eigenvalue weighted by molar-refractivity contribution is -0.715. The van der Waals surface area contributed by atoms with E-state index in [1.54, 1.807) is 0 Å². The van der Waals surface area contributed by atoms with Gasteiger partial charge in [0.1, 0.15) is 0 Å². The molecule has 1 aliphatic carbocycles. The normalized spacial score (nSPS) is 15.3. The molecule has 1 nitrogen and oxygen atoms in total. The van der Waals surface area contributed by atoms with E-state index in [1.165, 1.54) is 54.5 Å². The zero-order valence-corrected chi connectivity index (χ0v) is 14.1. The Balaban J connectivity index is 1.82. The lowest BCUT2D eigenvalue weighted by Gasteiger charge is -2.20. The number of benzene rings is 2. The predicted molar refractivity (Wildman–Crippen MR) is 99.6 cm³/mol. The number of rotatable bonds is 3. The van der Waals surface area contributed by atoms with Crippen molar-refractivity contribution in [3.05, 3.63) is 79.0 Å². The molecule has 120 valence electrons. The molecule has 1 heteroatoms. The molecule has 0 spiro atoms. The lowest BCUT2D eigenvalue weighted by Crippen LogP contribution is -2.42. The Morgan fingerprint density at radius 1 is 0.625 bits per heavy atom. The summed E-state index contributed by atoms with van der Waals surface area (Å²) in [6, 6.07) is 26.8. The van der Waals surface area contributed by atoms with Gasteiger partial charge >= 0.3 is 0 Å². The molecule has 1 fully saturated rings. The Morgan fingerprint density at radius 3 is 1.92 bits per heavy atom. The third kappa shape index (κ3) is 3.12. The van der Waals surface area contributed by atoms with E-state index in [0.717, 1.165) is 0 Å². The van der Waals surface area contributed by atoms with Crippen molar-refractivity contribution in [3.8, 4) is 22.4 Å². The summed E-state index contributed by atoms with van der Waals surface area (Å²) < 4.78 is 2.51. The quantitative estimate of drug-likeness (QED) is 0.537. The highest BCUT2D eigenvalue weighted by Gasteiger charge is 2.26. The molecule has 1 aromatic heterocycles. The van der Waals surface area contributed by atoms with Crippen LogP contribution in [-0.4, -0.2) is 0 Å². The van der Waals surface area contributed by atoms with Gasteiger partial charge in [-0.25, -0.2) is 0 Å². The van der Waals surface area contributed by atoms with E-state index in [2.05, 4.69) is 83.6 Å². The van der Waals surface area contributed by atoms with Crippen LogP contribution in [0.25, 0.3) is 22.4 Å². The van der Waals surface area contributed by atoms with Crippen LogP contribution < -0.4 is 4.57 Å². The summed E-state index contributed by atoms with van der Waals surface area (Å²) in [7, 11) is 0. The predicted octanol–water partition coefficient (Wildman–Crippen LogP) is 5.81. The molecule has 0 saturated heterocycles. The summed E-state index contributed by atoms with van der Waals surface area (Å²) >= 11 is 0. The van der Waals surface area contributed by atoms with Crippen LogP contribution in [0.15, 0.2) is 79.0 Å². The van der Waals surface area contributed by atoms with E-state index < -0.39 is 0 Å². The van der Waals surface area contributed by atoms with Crippen molar-refractivity contribution in [2.45, 2.75) is 38.1 Å². The summed E-state index contributed by atoms with van der Waals surface area (Å²) in [5.74, 6) is 0.